The predicted molar refractivity (Wildman–Crippen MR) is 287 cm³/mol. The Bertz CT molecular complexity index is 2850. The molecule has 76 heavy (non-hydrogen) atoms. The van der Waals surface area contributed by atoms with Gasteiger partial charge in [-0.2, -0.15) is 9.58 Å². The van der Waals surface area contributed by atoms with E-state index in [2.05, 4.69) is 5.10 Å². The summed E-state index contributed by atoms with van der Waals surface area (Å²) in [6, 6.07) is 30.6. The van der Waals surface area contributed by atoms with Crippen molar-refractivity contribution >= 4 is 48.6 Å². The normalized spacial score (nSPS) is 19.0. The van der Waals surface area contributed by atoms with Gasteiger partial charge in [0.1, 0.15) is 34.8 Å². The fourth-order valence-corrected chi connectivity index (χ4v) is 10.6. The molecule has 19 heteroatoms. The Morgan fingerprint density at radius 2 is 1.12 bits per heavy atom. The van der Waals surface area contributed by atoms with Gasteiger partial charge in [-0.25, -0.2) is 19.2 Å². The minimum Gasteiger partial charge on any atom is -0.481 e. The number of anilines is 1. The lowest BCUT2D eigenvalue weighted by atomic mass is 9.91. The number of nitrogens with zero attached hydrogens (tertiary/aromatic N) is 5. The van der Waals surface area contributed by atoms with Gasteiger partial charge in [-0.3, -0.25) is 4.57 Å². The molecule has 0 aliphatic carbocycles. The largest absolute Gasteiger partial charge is 0.481 e. The maximum atomic E-state index is 16.2. The predicted octanol–water partition coefficient (Wildman–Crippen LogP) is 12.3. The van der Waals surface area contributed by atoms with E-state index in [1.807, 2.05) is 91.5 Å². The van der Waals surface area contributed by atoms with E-state index in [1.54, 1.807) is 111 Å². The molecule has 1 aromatic heterocycles. The summed E-state index contributed by atoms with van der Waals surface area (Å²) < 4.78 is 62.7. The van der Waals surface area contributed by atoms with Crippen LogP contribution < -0.4 is 9.64 Å². The topological polar surface area (TPSA) is 187 Å². The van der Waals surface area contributed by atoms with Crippen LogP contribution in [0.4, 0.5) is 25.0 Å². The summed E-state index contributed by atoms with van der Waals surface area (Å²) in [6.45, 7) is 22.7. The Kier molecular flexibility index (Phi) is 17.5. The van der Waals surface area contributed by atoms with Gasteiger partial charge in [0.05, 0.1) is 30.8 Å². The molecular weight excluding hydrogens is 994 g/mol. The lowest BCUT2D eigenvalue weighted by molar-refractivity contribution is -0.157. The SMILES string of the molecule is CCOP(=O)(COc1cccc(CN2C(=O)N(Cc3ccc4c(c3)c(N(C(=O)OC(C)(C)C)C(=O)OC(C)(C)C)nn4C(=O)OC(C)(C)C)[C@H](Cc3ccccc3)[C@@H]3OC(C)(C)O[C@H]3[C@H]2Cc2ccccc2)c1)OCC. The number of aromatic nitrogens is 2. The van der Waals surface area contributed by atoms with E-state index >= 15 is 4.79 Å². The number of urea groups is 1. The van der Waals surface area contributed by atoms with Crippen molar-refractivity contribution in [2.45, 2.75) is 163 Å². The highest BCUT2D eigenvalue weighted by molar-refractivity contribution is 7.53. The van der Waals surface area contributed by atoms with Gasteiger partial charge in [0.2, 0.25) is 0 Å². The van der Waals surface area contributed by atoms with Crippen LogP contribution in [0.1, 0.15) is 112 Å². The highest BCUT2D eigenvalue weighted by Gasteiger charge is 2.55. The number of fused-ring (bicyclic) bond motifs is 2. The van der Waals surface area contributed by atoms with Gasteiger partial charge in [-0.1, -0.05) is 78.9 Å². The molecule has 410 valence electrons. The molecule has 2 aliphatic heterocycles. The number of carbonyl (C=O) groups excluding carboxylic acids is 4. The van der Waals surface area contributed by atoms with Crippen LogP contribution in [-0.2, 0) is 63.2 Å². The summed E-state index contributed by atoms with van der Waals surface area (Å²) in [4.78, 5) is 62.9. The molecule has 2 saturated heterocycles. The monoisotopic (exact) mass is 1070 g/mol. The molecule has 2 aliphatic rings. The van der Waals surface area contributed by atoms with E-state index in [9.17, 15) is 18.9 Å². The van der Waals surface area contributed by atoms with Crippen LogP contribution >= 0.6 is 7.60 Å². The van der Waals surface area contributed by atoms with Crippen molar-refractivity contribution in [1.82, 2.24) is 19.6 Å². The Labute approximate surface area is 446 Å². The average molecular weight is 1070 g/mol. The van der Waals surface area contributed by atoms with Crippen molar-refractivity contribution in [2.75, 3.05) is 24.5 Å². The zero-order valence-electron chi connectivity index (χ0n) is 46.1. The van der Waals surface area contributed by atoms with Crippen LogP contribution in [0.15, 0.2) is 103 Å². The van der Waals surface area contributed by atoms with Gasteiger partial charge < -0.3 is 47.3 Å². The van der Waals surface area contributed by atoms with Crippen molar-refractivity contribution in [2.24, 2.45) is 0 Å². The number of hydrogen-bond donors (Lipinski definition) is 0. The Morgan fingerprint density at radius 1 is 0.645 bits per heavy atom. The Morgan fingerprint density at radius 3 is 1.59 bits per heavy atom. The van der Waals surface area contributed by atoms with Gasteiger partial charge in [0, 0.05) is 18.5 Å². The van der Waals surface area contributed by atoms with Crippen LogP contribution in [0.2, 0.25) is 0 Å². The molecule has 3 heterocycles. The van der Waals surface area contributed by atoms with Crippen LogP contribution in [0, 0.1) is 0 Å². The molecule has 2 fully saturated rings. The maximum absolute atomic E-state index is 16.2. The van der Waals surface area contributed by atoms with Crippen molar-refractivity contribution in [3.05, 3.63) is 125 Å². The van der Waals surface area contributed by atoms with Gasteiger partial charge in [0.15, 0.2) is 18.0 Å². The summed E-state index contributed by atoms with van der Waals surface area (Å²) in [6.07, 6.45) is -3.88. The molecule has 0 spiro atoms. The van der Waals surface area contributed by atoms with Crippen molar-refractivity contribution in [1.29, 1.82) is 0 Å². The quantitative estimate of drug-likeness (QED) is 0.0671. The van der Waals surface area contributed by atoms with Crippen LogP contribution in [0.25, 0.3) is 10.9 Å². The van der Waals surface area contributed by atoms with Gasteiger partial charge in [0.25, 0.3) is 0 Å². The number of amides is 4. The zero-order chi connectivity index (χ0) is 55.4. The van der Waals surface area contributed by atoms with Crippen LogP contribution in [0.5, 0.6) is 5.75 Å². The second-order valence-corrected chi connectivity index (χ2v) is 24.3. The number of hydrogen-bond acceptors (Lipinski definition) is 14. The average Bonchev–Trinajstić information content (AvgIpc) is 3.84. The molecule has 0 saturated carbocycles. The van der Waals surface area contributed by atoms with Gasteiger partial charge in [-0.05, 0) is 149 Å². The number of imide groups is 1. The maximum Gasteiger partial charge on any atom is 0.435 e. The van der Waals surface area contributed by atoms with E-state index in [-0.39, 0.29) is 55.4 Å². The molecule has 18 nitrogen and oxygen atoms in total. The first-order chi connectivity index (χ1) is 35.6. The molecule has 0 radical (unpaired) electrons. The molecule has 0 bridgehead atoms. The molecule has 0 N–H and O–H groups in total. The summed E-state index contributed by atoms with van der Waals surface area (Å²) in [5.74, 6) is -0.912. The summed E-state index contributed by atoms with van der Waals surface area (Å²) in [5, 5.41) is 4.78. The van der Waals surface area contributed by atoms with Crippen molar-refractivity contribution in [3.63, 3.8) is 0 Å². The van der Waals surface area contributed by atoms with E-state index < -0.39 is 72.8 Å². The third-order valence-corrected chi connectivity index (χ3v) is 13.8. The number of carbonyl (C=O) groups is 4. The number of rotatable bonds is 16. The van der Waals surface area contributed by atoms with E-state index in [1.165, 1.54) is 0 Å². The minimum absolute atomic E-state index is 0.0307. The standard InChI is InChI=1S/C57H74N5O13P/c1-14-69-76(67,70-15-2)37-68-42-28-22-27-40(31-42)35-59-45(33-38-23-18-16-19-24-38)47-48(72-57(12,13)71-47)46(34-39-25-20-17-21-26-39)60(50(59)63)36-41-29-30-44-43(32-41)49(58-62(44)53(66)75-56(9,10)11)61(51(64)73-54(3,4)5)52(65)74-55(6,7)8/h16-32,45-48H,14-15,33-37H2,1-13H3/t45-,46-,47+,48+/m1/s1. The number of benzene rings is 4. The first kappa shape index (κ1) is 57.4. The zero-order valence-corrected chi connectivity index (χ0v) is 47.0. The van der Waals surface area contributed by atoms with E-state index in [0.717, 1.165) is 15.8 Å². The molecule has 4 aromatic carbocycles. The molecule has 5 aromatic rings. The van der Waals surface area contributed by atoms with Crippen molar-refractivity contribution < 1.29 is 61.2 Å². The molecular formula is C57H74N5O13P. The second kappa shape index (κ2) is 23.1. The van der Waals surface area contributed by atoms with Gasteiger partial charge >= 0.3 is 31.9 Å². The Hall–Kier alpha value is -6.30. The smallest absolute Gasteiger partial charge is 0.435 e. The lowest BCUT2D eigenvalue weighted by Gasteiger charge is -2.37. The highest BCUT2D eigenvalue weighted by atomic mass is 31.2. The summed E-state index contributed by atoms with van der Waals surface area (Å²) in [5.41, 5.74) is 0.346. The van der Waals surface area contributed by atoms with E-state index in [4.69, 9.17) is 37.5 Å². The molecule has 7 rings (SSSR count). The van der Waals surface area contributed by atoms with Crippen LogP contribution in [0.3, 0.4) is 0 Å². The second-order valence-electron chi connectivity index (χ2n) is 22.3. The molecule has 0 unspecified atom stereocenters. The first-order valence-corrected chi connectivity index (χ1v) is 27.5. The first-order valence-electron chi connectivity index (χ1n) is 25.8. The van der Waals surface area contributed by atoms with Crippen LogP contribution in [-0.4, -0.2) is 110 Å². The lowest BCUT2D eigenvalue weighted by Crippen LogP contribution is -2.51. The summed E-state index contributed by atoms with van der Waals surface area (Å²) in [7, 11) is -3.57. The fourth-order valence-electron chi connectivity index (χ4n) is 9.26. The molecule has 4 amide bonds. The minimum atomic E-state index is -3.57. The number of ether oxygens (including phenoxy) is 6. The molecule has 4 atom stereocenters. The summed E-state index contributed by atoms with van der Waals surface area (Å²) >= 11 is 0. The Balaban J connectivity index is 1.40. The highest BCUT2D eigenvalue weighted by Crippen LogP contribution is 2.48. The van der Waals surface area contributed by atoms with Gasteiger partial charge in [-0.15, -0.1) is 5.10 Å². The third kappa shape index (κ3) is 14.6. The van der Waals surface area contributed by atoms with Crippen molar-refractivity contribution in [3.8, 4) is 5.75 Å². The van der Waals surface area contributed by atoms with E-state index in [0.29, 0.717) is 34.6 Å². The third-order valence-electron chi connectivity index (χ3n) is 12.1. The fraction of sp³-hybridized carbons (Fsp3) is 0.491.